The first kappa shape index (κ1) is 17.6. The maximum absolute atomic E-state index is 12.9. The number of imidazole rings is 1. The number of allylic oxidation sites excluding steroid dienone is 1. The van der Waals surface area contributed by atoms with E-state index in [9.17, 15) is 14.4 Å². The van der Waals surface area contributed by atoms with Crippen molar-refractivity contribution < 1.29 is 9.53 Å². The van der Waals surface area contributed by atoms with Crippen molar-refractivity contribution in [2.24, 2.45) is 12.1 Å². The third-order valence-electron chi connectivity index (χ3n) is 4.02. The minimum Gasteiger partial charge on any atom is -0.465 e. The van der Waals surface area contributed by atoms with E-state index >= 15 is 0 Å². The molecule has 0 amide bonds. The molecule has 2 aromatic rings. The number of aryl methyl sites for hydroxylation is 1. The van der Waals surface area contributed by atoms with Crippen LogP contribution in [-0.2, 0) is 29.7 Å². The number of hydrazone groups is 1. The number of hydrogen-bond acceptors (Lipinski definition) is 7. The van der Waals surface area contributed by atoms with Crippen molar-refractivity contribution >= 4 is 28.8 Å². The van der Waals surface area contributed by atoms with Crippen molar-refractivity contribution in [1.29, 1.82) is 0 Å². The van der Waals surface area contributed by atoms with Crippen LogP contribution in [0.1, 0.15) is 13.8 Å². The lowest BCUT2D eigenvalue weighted by atomic mass is 10.3. The molecule has 0 bridgehead atoms. The Morgan fingerprint density at radius 2 is 2.12 bits per heavy atom. The molecule has 0 saturated carbocycles. The molecule has 0 N–H and O–H groups in total. The summed E-state index contributed by atoms with van der Waals surface area (Å²) in [7, 11) is 1.55. The number of carbonyl (C=O) groups is 1. The maximum atomic E-state index is 12.9. The molecular weight excluding hydrogens is 340 g/mol. The fourth-order valence-electron chi connectivity index (χ4n) is 2.94. The van der Waals surface area contributed by atoms with Gasteiger partial charge in [-0.25, -0.2) is 9.80 Å². The zero-order valence-electron chi connectivity index (χ0n) is 14.9. The van der Waals surface area contributed by atoms with Crippen LogP contribution in [0.4, 0.5) is 5.95 Å². The lowest BCUT2D eigenvalue weighted by molar-refractivity contribution is -0.141. The molecule has 0 radical (unpaired) electrons. The first-order chi connectivity index (χ1) is 12.4. The second-order valence-electron chi connectivity index (χ2n) is 5.91. The summed E-state index contributed by atoms with van der Waals surface area (Å²) in [6.45, 7) is 7.65. The van der Waals surface area contributed by atoms with Gasteiger partial charge in [-0.2, -0.15) is 10.1 Å². The van der Waals surface area contributed by atoms with Gasteiger partial charge in [0.25, 0.3) is 5.56 Å². The van der Waals surface area contributed by atoms with Gasteiger partial charge in [-0.3, -0.25) is 23.3 Å². The maximum Gasteiger partial charge on any atom is 0.332 e. The highest BCUT2D eigenvalue weighted by atomic mass is 16.5. The van der Waals surface area contributed by atoms with Gasteiger partial charge in [0.15, 0.2) is 11.2 Å². The van der Waals surface area contributed by atoms with Crippen molar-refractivity contribution in [3.63, 3.8) is 0 Å². The molecule has 10 nitrogen and oxygen atoms in total. The van der Waals surface area contributed by atoms with Gasteiger partial charge < -0.3 is 4.74 Å². The Morgan fingerprint density at radius 3 is 2.77 bits per heavy atom. The standard InChI is InChI=1S/C16H20N6O4/c1-5-7-20-14(24)12-13(19(4)16(20)25)17-15-21(12)8-10(3)18-22(15)9-11(23)26-6-2/h5H,1,6-9H2,2-4H3. The number of nitrogens with zero attached hydrogens (tertiary/aromatic N) is 6. The summed E-state index contributed by atoms with van der Waals surface area (Å²) in [5.74, 6) is -0.135. The highest BCUT2D eigenvalue weighted by Gasteiger charge is 2.27. The van der Waals surface area contributed by atoms with Crippen LogP contribution in [0.5, 0.6) is 0 Å². The van der Waals surface area contributed by atoms with E-state index in [1.165, 1.54) is 15.7 Å². The fraction of sp³-hybridized carbons (Fsp3) is 0.438. The van der Waals surface area contributed by atoms with Gasteiger partial charge in [-0.05, 0) is 13.8 Å². The summed E-state index contributed by atoms with van der Waals surface area (Å²) in [6.07, 6.45) is 1.49. The number of ether oxygens (including phenoxy) is 1. The highest BCUT2D eigenvalue weighted by Crippen LogP contribution is 2.23. The van der Waals surface area contributed by atoms with Crippen LogP contribution in [0.2, 0.25) is 0 Å². The van der Waals surface area contributed by atoms with Crippen LogP contribution < -0.4 is 16.3 Å². The molecule has 0 aliphatic carbocycles. The minimum absolute atomic E-state index is 0.0988. The Kier molecular flexibility index (Phi) is 4.49. The fourth-order valence-corrected chi connectivity index (χ4v) is 2.94. The Hall–Kier alpha value is -3.17. The summed E-state index contributed by atoms with van der Waals surface area (Å²) in [4.78, 5) is 41.6. The number of esters is 1. The lowest BCUT2D eigenvalue weighted by Gasteiger charge is -2.23. The van der Waals surface area contributed by atoms with Gasteiger partial charge in [0.2, 0.25) is 5.95 Å². The SMILES string of the molecule is C=CCn1c(=O)c2c(nc3n2CC(C)=NN3CC(=O)OCC)n(C)c1=O. The molecule has 0 aromatic carbocycles. The number of carbonyl (C=O) groups excluding carboxylic acids is 1. The minimum atomic E-state index is -0.479. The second kappa shape index (κ2) is 6.62. The second-order valence-corrected chi connectivity index (χ2v) is 5.91. The Balaban J connectivity index is 2.23. The van der Waals surface area contributed by atoms with Gasteiger partial charge in [0.1, 0.15) is 6.54 Å². The van der Waals surface area contributed by atoms with Gasteiger partial charge in [-0.1, -0.05) is 6.08 Å². The van der Waals surface area contributed by atoms with Gasteiger partial charge in [0.05, 0.1) is 18.9 Å². The van der Waals surface area contributed by atoms with E-state index in [2.05, 4.69) is 16.7 Å². The average Bonchev–Trinajstić information content (AvgIpc) is 2.96. The van der Waals surface area contributed by atoms with Crippen molar-refractivity contribution in [3.05, 3.63) is 33.5 Å². The van der Waals surface area contributed by atoms with Crippen LogP contribution in [0, 0.1) is 0 Å². The van der Waals surface area contributed by atoms with Gasteiger partial charge in [0, 0.05) is 13.6 Å². The predicted octanol–water partition coefficient (Wildman–Crippen LogP) is -0.158. The van der Waals surface area contributed by atoms with Crippen LogP contribution in [0.15, 0.2) is 27.3 Å². The third kappa shape index (κ3) is 2.72. The first-order valence-corrected chi connectivity index (χ1v) is 8.17. The summed E-state index contributed by atoms with van der Waals surface area (Å²) in [5, 5.41) is 5.72. The lowest BCUT2D eigenvalue weighted by Crippen LogP contribution is -2.40. The van der Waals surface area contributed by atoms with Crippen molar-refractivity contribution in [3.8, 4) is 0 Å². The van der Waals surface area contributed by atoms with E-state index in [0.717, 1.165) is 4.57 Å². The molecule has 1 aliphatic heterocycles. The summed E-state index contributed by atoms with van der Waals surface area (Å²) in [6, 6.07) is 0. The highest BCUT2D eigenvalue weighted by molar-refractivity contribution is 5.89. The number of hydrogen-bond donors (Lipinski definition) is 0. The molecule has 1 aliphatic rings. The quantitative estimate of drug-likeness (QED) is 0.542. The smallest absolute Gasteiger partial charge is 0.332 e. The zero-order chi connectivity index (χ0) is 19.0. The Bertz CT molecular complexity index is 1040. The van der Waals surface area contributed by atoms with Crippen molar-refractivity contribution in [2.45, 2.75) is 26.9 Å². The molecule has 2 aromatic heterocycles. The molecule has 0 saturated heterocycles. The van der Waals surface area contributed by atoms with Crippen molar-refractivity contribution in [2.75, 3.05) is 18.2 Å². The van der Waals surface area contributed by atoms with E-state index in [-0.39, 0.29) is 30.9 Å². The molecule has 3 rings (SSSR count). The van der Waals surface area contributed by atoms with E-state index < -0.39 is 17.2 Å². The molecule has 0 unspecified atom stereocenters. The first-order valence-electron chi connectivity index (χ1n) is 8.17. The molecule has 26 heavy (non-hydrogen) atoms. The summed E-state index contributed by atoms with van der Waals surface area (Å²) < 4.78 is 9.04. The summed E-state index contributed by atoms with van der Waals surface area (Å²) >= 11 is 0. The number of fused-ring (bicyclic) bond motifs is 3. The van der Waals surface area contributed by atoms with Crippen LogP contribution >= 0.6 is 0 Å². The summed E-state index contributed by atoms with van der Waals surface area (Å²) in [5.41, 5.74) is 0.297. The molecule has 0 fully saturated rings. The largest absolute Gasteiger partial charge is 0.465 e. The molecule has 138 valence electrons. The van der Waals surface area contributed by atoms with E-state index in [4.69, 9.17) is 4.74 Å². The van der Waals surface area contributed by atoms with Gasteiger partial charge in [-0.15, -0.1) is 6.58 Å². The van der Waals surface area contributed by atoms with E-state index in [1.54, 1.807) is 25.5 Å². The van der Waals surface area contributed by atoms with Crippen LogP contribution in [0.25, 0.3) is 11.2 Å². The molecule has 0 atom stereocenters. The average molecular weight is 360 g/mol. The van der Waals surface area contributed by atoms with Crippen molar-refractivity contribution in [1.82, 2.24) is 18.7 Å². The molecule has 3 heterocycles. The normalized spacial score (nSPS) is 13.5. The van der Waals surface area contributed by atoms with E-state index in [0.29, 0.717) is 18.2 Å². The van der Waals surface area contributed by atoms with Crippen LogP contribution in [0.3, 0.4) is 0 Å². The Morgan fingerprint density at radius 1 is 1.38 bits per heavy atom. The molecular formula is C16H20N6O4. The molecule has 10 heteroatoms. The Labute approximate surface area is 148 Å². The monoisotopic (exact) mass is 360 g/mol. The zero-order valence-corrected chi connectivity index (χ0v) is 14.9. The van der Waals surface area contributed by atoms with Crippen LogP contribution in [-0.4, -0.2) is 43.5 Å². The number of rotatable bonds is 5. The van der Waals surface area contributed by atoms with Gasteiger partial charge >= 0.3 is 11.7 Å². The third-order valence-corrected chi connectivity index (χ3v) is 4.02. The topological polar surface area (TPSA) is 104 Å². The number of aromatic nitrogens is 4. The van der Waals surface area contributed by atoms with E-state index in [1.807, 2.05) is 0 Å². The predicted molar refractivity (Wildman–Crippen MR) is 96.5 cm³/mol. The molecule has 0 spiro atoms. The number of anilines is 1.